The number of allylic oxidation sites excluding steroid dienone is 4. The summed E-state index contributed by atoms with van der Waals surface area (Å²) >= 11 is 0. The van der Waals surface area contributed by atoms with Crippen molar-refractivity contribution in [3.8, 4) is 0 Å². The van der Waals surface area contributed by atoms with E-state index in [1.807, 2.05) is 12.1 Å². The predicted octanol–water partition coefficient (Wildman–Crippen LogP) is 4.15. The fraction of sp³-hybridized carbons (Fsp3) is 0.583. The lowest BCUT2D eigenvalue weighted by molar-refractivity contribution is -0.171. The third-order valence-electron chi connectivity index (χ3n) is 8.87. The average molecular weight is 380 g/mol. The molecular formula is C24H28O4. The van der Waals surface area contributed by atoms with Gasteiger partial charge in [0.1, 0.15) is 0 Å². The third kappa shape index (κ3) is 2.21. The van der Waals surface area contributed by atoms with Gasteiger partial charge in [-0.1, -0.05) is 25.5 Å². The van der Waals surface area contributed by atoms with Crippen LogP contribution in [-0.4, -0.2) is 16.5 Å². The molecule has 4 nitrogen and oxygen atoms in total. The normalized spacial score (nSPS) is 44.5. The molecule has 1 N–H and O–H groups in total. The fourth-order valence-corrected chi connectivity index (χ4v) is 7.27. The molecule has 1 heterocycles. The molecule has 0 radical (unpaired) electrons. The lowest BCUT2D eigenvalue weighted by atomic mass is 9.46. The number of fused-ring (bicyclic) bond motifs is 5. The van der Waals surface area contributed by atoms with E-state index in [0.29, 0.717) is 5.92 Å². The molecule has 28 heavy (non-hydrogen) atoms. The highest BCUT2D eigenvalue weighted by atomic mass is 16.4. The minimum Gasteiger partial charge on any atom is -0.431 e. The lowest BCUT2D eigenvalue weighted by Gasteiger charge is -2.60. The Hall–Kier alpha value is -1.94. The molecule has 0 aliphatic heterocycles. The Morgan fingerprint density at radius 2 is 1.89 bits per heavy atom. The Morgan fingerprint density at radius 1 is 1.07 bits per heavy atom. The maximum Gasteiger partial charge on any atom is 0.335 e. The smallest absolute Gasteiger partial charge is 0.335 e. The van der Waals surface area contributed by atoms with Gasteiger partial charge >= 0.3 is 5.63 Å². The van der Waals surface area contributed by atoms with Gasteiger partial charge in [-0.25, -0.2) is 4.79 Å². The van der Waals surface area contributed by atoms with E-state index < -0.39 is 5.60 Å². The molecule has 1 aromatic rings. The zero-order chi connectivity index (χ0) is 19.7. The van der Waals surface area contributed by atoms with E-state index in [4.69, 9.17) is 4.42 Å². The van der Waals surface area contributed by atoms with E-state index in [1.54, 1.807) is 12.3 Å². The molecule has 0 spiro atoms. The molecule has 4 aliphatic rings. The van der Waals surface area contributed by atoms with Gasteiger partial charge in [0, 0.05) is 16.9 Å². The van der Waals surface area contributed by atoms with Crippen LogP contribution in [0.3, 0.4) is 0 Å². The SMILES string of the molecule is CC12C=CC(=O)C=C1CCC1C2CCC2(C)C(c3ccc(=O)oc3)CCC12O. The Morgan fingerprint density at radius 3 is 2.64 bits per heavy atom. The largest absolute Gasteiger partial charge is 0.431 e. The number of carbonyl (C=O) groups is 1. The van der Waals surface area contributed by atoms with E-state index in [1.165, 1.54) is 11.6 Å². The topological polar surface area (TPSA) is 67.5 Å². The second-order valence-electron chi connectivity index (χ2n) is 9.80. The van der Waals surface area contributed by atoms with Crippen LogP contribution in [0.2, 0.25) is 0 Å². The Kier molecular flexibility index (Phi) is 3.74. The van der Waals surface area contributed by atoms with Gasteiger partial charge in [-0.2, -0.15) is 0 Å². The molecule has 1 aromatic heterocycles. The monoisotopic (exact) mass is 380 g/mol. The molecule has 0 aromatic carbocycles. The number of ketones is 1. The zero-order valence-electron chi connectivity index (χ0n) is 16.6. The Balaban J connectivity index is 1.53. The number of hydrogen-bond donors (Lipinski definition) is 1. The van der Waals surface area contributed by atoms with Crippen LogP contribution in [0.4, 0.5) is 0 Å². The summed E-state index contributed by atoms with van der Waals surface area (Å²) in [4.78, 5) is 23.3. The first-order valence-electron chi connectivity index (χ1n) is 10.5. The summed E-state index contributed by atoms with van der Waals surface area (Å²) in [5.41, 5.74) is 0.880. The standard InChI is InChI=1S/C24H28O4/c1-22-10-7-17(25)13-16(22)4-5-20-19(22)8-11-23(2)18(9-12-24(20,23)27)15-3-6-21(26)28-14-15/h3,6-7,10,13-14,18-20,27H,4-5,8-9,11-12H2,1-2H3. The highest BCUT2D eigenvalue weighted by Gasteiger charge is 2.66. The van der Waals surface area contributed by atoms with Crippen LogP contribution in [0.25, 0.3) is 0 Å². The maximum absolute atomic E-state index is 12.1. The van der Waals surface area contributed by atoms with Crippen LogP contribution in [0, 0.1) is 22.7 Å². The average Bonchev–Trinajstić information content (AvgIpc) is 2.95. The van der Waals surface area contributed by atoms with Gasteiger partial charge in [-0.15, -0.1) is 0 Å². The van der Waals surface area contributed by atoms with Crippen LogP contribution < -0.4 is 5.63 Å². The molecule has 6 unspecified atom stereocenters. The number of rotatable bonds is 1. The van der Waals surface area contributed by atoms with Crippen molar-refractivity contribution in [3.05, 3.63) is 58.2 Å². The third-order valence-corrected chi connectivity index (χ3v) is 8.87. The predicted molar refractivity (Wildman–Crippen MR) is 106 cm³/mol. The molecular weight excluding hydrogens is 352 g/mol. The molecule has 5 rings (SSSR count). The lowest BCUT2D eigenvalue weighted by Crippen LogP contribution is -2.60. The molecule has 0 amide bonds. The van der Waals surface area contributed by atoms with E-state index >= 15 is 0 Å². The first-order chi connectivity index (χ1) is 13.3. The van der Waals surface area contributed by atoms with E-state index in [2.05, 4.69) is 19.9 Å². The summed E-state index contributed by atoms with van der Waals surface area (Å²) in [5, 5.41) is 12.1. The molecule has 4 heteroatoms. The first-order valence-corrected chi connectivity index (χ1v) is 10.5. The summed E-state index contributed by atoms with van der Waals surface area (Å²) in [6, 6.07) is 3.36. The summed E-state index contributed by atoms with van der Waals surface area (Å²) in [6.45, 7) is 4.49. The van der Waals surface area contributed by atoms with Gasteiger partial charge in [0.2, 0.25) is 0 Å². The first kappa shape index (κ1) is 18.1. The zero-order valence-corrected chi connectivity index (χ0v) is 16.6. The van der Waals surface area contributed by atoms with Gasteiger partial charge in [0.25, 0.3) is 0 Å². The van der Waals surface area contributed by atoms with Crippen molar-refractivity contribution < 1.29 is 14.3 Å². The summed E-state index contributed by atoms with van der Waals surface area (Å²) in [5.74, 6) is 0.891. The quantitative estimate of drug-likeness (QED) is 0.795. The molecule has 148 valence electrons. The van der Waals surface area contributed by atoms with Gasteiger partial charge in [-0.3, -0.25) is 4.79 Å². The number of aliphatic hydroxyl groups is 1. The Bertz CT molecular complexity index is 935. The van der Waals surface area contributed by atoms with Crippen LogP contribution in [0.1, 0.15) is 63.9 Å². The van der Waals surface area contributed by atoms with Gasteiger partial charge in [0.05, 0.1) is 11.9 Å². The highest BCUT2D eigenvalue weighted by Crippen LogP contribution is 2.69. The molecule has 0 bridgehead atoms. The second kappa shape index (κ2) is 5.79. The van der Waals surface area contributed by atoms with Gasteiger partial charge < -0.3 is 9.52 Å². The van der Waals surface area contributed by atoms with Crippen LogP contribution in [0.5, 0.6) is 0 Å². The number of carbonyl (C=O) groups excluding carboxylic acids is 1. The minimum absolute atomic E-state index is 0.0942. The molecule has 6 atom stereocenters. The molecule has 3 fully saturated rings. The molecule has 4 aliphatic carbocycles. The van der Waals surface area contributed by atoms with E-state index in [0.717, 1.165) is 44.1 Å². The van der Waals surface area contributed by atoms with Crippen molar-refractivity contribution in [1.82, 2.24) is 0 Å². The van der Waals surface area contributed by atoms with Gasteiger partial charge in [0.15, 0.2) is 5.78 Å². The highest BCUT2D eigenvalue weighted by molar-refractivity contribution is 6.01. The minimum atomic E-state index is -0.722. The summed E-state index contributed by atoms with van der Waals surface area (Å²) in [7, 11) is 0. The van der Waals surface area contributed by atoms with Crippen molar-refractivity contribution in [2.75, 3.05) is 0 Å². The van der Waals surface area contributed by atoms with Crippen molar-refractivity contribution in [2.45, 2.75) is 63.9 Å². The molecule has 0 saturated heterocycles. The fourth-order valence-electron chi connectivity index (χ4n) is 7.27. The van der Waals surface area contributed by atoms with E-state index in [-0.39, 0.29) is 34.1 Å². The van der Waals surface area contributed by atoms with Crippen molar-refractivity contribution in [1.29, 1.82) is 0 Å². The Labute approximate surface area is 165 Å². The summed E-state index contributed by atoms with van der Waals surface area (Å²) < 4.78 is 5.15. The summed E-state index contributed by atoms with van der Waals surface area (Å²) in [6.07, 6.45) is 12.8. The van der Waals surface area contributed by atoms with Crippen LogP contribution >= 0.6 is 0 Å². The van der Waals surface area contributed by atoms with Crippen LogP contribution in [-0.2, 0) is 4.79 Å². The second-order valence-corrected chi connectivity index (χ2v) is 9.80. The number of hydrogen-bond acceptors (Lipinski definition) is 4. The van der Waals surface area contributed by atoms with Crippen molar-refractivity contribution in [2.24, 2.45) is 22.7 Å². The van der Waals surface area contributed by atoms with Crippen molar-refractivity contribution in [3.63, 3.8) is 0 Å². The maximum atomic E-state index is 12.1. The van der Waals surface area contributed by atoms with E-state index in [9.17, 15) is 14.7 Å². The van der Waals surface area contributed by atoms with Gasteiger partial charge in [-0.05, 0) is 80.1 Å². The molecule has 3 saturated carbocycles. The van der Waals surface area contributed by atoms with Crippen molar-refractivity contribution >= 4 is 5.78 Å². The van der Waals surface area contributed by atoms with Crippen LogP contribution in [0.15, 0.2) is 51.4 Å².